The van der Waals surface area contributed by atoms with E-state index in [4.69, 9.17) is 5.41 Å². The molecule has 0 heterocycles. The number of carbonyl (C=O) groups is 1. The first-order valence-electron chi connectivity index (χ1n) is 4.06. The maximum absolute atomic E-state index is 12.8. The van der Waals surface area contributed by atoms with Gasteiger partial charge in [0.25, 0.3) is 0 Å². The highest BCUT2D eigenvalue weighted by Gasteiger charge is 2.29. The minimum atomic E-state index is -1.30. The van der Waals surface area contributed by atoms with Crippen molar-refractivity contribution >= 4 is 24.1 Å². The van der Waals surface area contributed by atoms with Crippen molar-refractivity contribution in [3.05, 3.63) is 23.8 Å². The first-order chi connectivity index (χ1) is 6.57. The van der Waals surface area contributed by atoms with E-state index in [1.165, 1.54) is 0 Å². The van der Waals surface area contributed by atoms with E-state index in [0.29, 0.717) is 0 Å². The molecule has 1 aliphatic carbocycles. The van der Waals surface area contributed by atoms with Gasteiger partial charge in [-0.1, -0.05) is 6.08 Å². The van der Waals surface area contributed by atoms with Gasteiger partial charge in [0.1, 0.15) is 5.92 Å². The smallest absolute Gasteiger partial charge is 0.319 e. The lowest BCUT2D eigenvalue weighted by Crippen LogP contribution is -2.26. The van der Waals surface area contributed by atoms with Crippen LogP contribution in [0.4, 0.5) is 8.78 Å². The molecule has 0 aromatic heterocycles. The van der Waals surface area contributed by atoms with Crippen molar-refractivity contribution in [1.82, 2.24) is 0 Å². The Balaban J connectivity index is 0.00000196. The van der Waals surface area contributed by atoms with E-state index in [1.807, 2.05) is 0 Å². The van der Waals surface area contributed by atoms with Crippen LogP contribution in [0.5, 0.6) is 0 Å². The van der Waals surface area contributed by atoms with Gasteiger partial charge in [0, 0.05) is 0 Å². The van der Waals surface area contributed by atoms with Gasteiger partial charge in [0.2, 0.25) is 0 Å². The summed E-state index contributed by atoms with van der Waals surface area (Å²) in [4.78, 5) is 11.1. The van der Waals surface area contributed by atoms with Crippen molar-refractivity contribution in [3.63, 3.8) is 0 Å². The van der Waals surface area contributed by atoms with Crippen molar-refractivity contribution in [2.75, 3.05) is 6.61 Å². The fraction of sp³-hybridized carbons (Fsp3) is 0.333. The average Bonchev–Trinajstić information content (AvgIpc) is 2.15. The normalized spacial score (nSPS) is 19.9. The molecular weight excluding hydrogens is 228 g/mol. The van der Waals surface area contributed by atoms with Crippen LogP contribution >= 0.6 is 12.4 Å². The lowest BCUT2D eigenvalue weighted by Gasteiger charge is -2.14. The van der Waals surface area contributed by atoms with Gasteiger partial charge in [-0.05, 0) is 13.0 Å². The second-order valence-corrected chi connectivity index (χ2v) is 2.66. The van der Waals surface area contributed by atoms with Crippen molar-refractivity contribution in [2.24, 2.45) is 5.92 Å². The number of allylic oxidation sites excluding steroid dienone is 3. The van der Waals surface area contributed by atoms with Crippen LogP contribution in [0.1, 0.15) is 6.92 Å². The van der Waals surface area contributed by atoms with Gasteiger partial charge in [-0.15, -0.1) is 12.4 Å². The summed E-state index contributed by atoms with van der Waals surface area (Å²) in [5.74, 6) is -4.30. The minimum Gasteiger partial charge on any atom is -0.465 e. The van der Waals surface area contributed by atoms with E-state index in [-0.39, 0.29) is 19.0 Å². The van der Waals surface area contributed by atoms with Gasteiger partial charge in [-0.2, -0.15) is 0 Å². The fourth-order valence-electron chi connectivity index (χ4n) is 1.04. The quantitative estimate of drug-likeness (QED) is 0.750. The number of esters is 1. The molecule has 6 heteroatoms. The Morgan fingerprint density at radius 2 is 2.20 bits per heavy atom. The standard InChI is InChI=1S/C9H9F2NO2.ClH/c1-2-14-9(13)5-3-4-6(10)7(11)8(5)12;/h3-5,12H,2H2,1H3;1H. The zero-order valence-corrected chi connectivity index (χ0v) is 8.74. The molecule has 1 atom stereocenters. The van der Waals surface area contributed by atoms with Crippen LogP contribution in [0, 0.1) is 11.3 Å². The van der Waals surface area contributed by atoms with Crippen molar-refractivity contribution < 1.29 is 18.3 Å². The van der Waals surface area contributed by atoms with Crippen molar-refractivity contribution in [3.8, 4) is 0 Å². The second kappa shape index (κ2) is 5.60. The molecule has 0 aromatic rings. The van der Waals surface area contributed by atoms with Gasteiger partial charge in [0.15, 0.2) is 11.7 Å². The molecule has 0 saturated carbocycles. The summed E-state index contributed by atoms with van der Waals surface area (Å²) in [5.41, 5.74) is -0.691. The summed E-state index contributed by atoms with van der Waals surface area (Å²) in [6, 6.07) is 0. The largest absolute Gasteiger partial charge is 0.465 e. The molecule has 1 aliphatic rings. The number of nitrogens with one attached hydrogen (secondary N) is 1. The summed E-state index contributed by atoms with van der Waals surface area (Å²) < 4.78 is 30.0. The molecule has 0 aliphatic heterocycles. The molecule has 0 fully saturated rings. The predicted molar refractivity (Wildman–Crippen MR) is 53.5 cm³/mol. The van der Waals surface area contributed by atoms with Crippen molar-refractivity contribution in [2.45, 2.75) is 6.92 Å². The Hall–Kier alpha value is -1.23. The number of hydrogen-bond acceptors (Lipinski definition) is 3. The molecule has 15 heavy (non-hydrogen) atoms. The Kier molecular flexibility index (Phi) is 5.14. The molecule has 3 nitrogen and oxygen atoms in total. The monoisotopic (exact) mass is 237 g/mol. The van der Waals surface area contributed by atoms with Gasteiger partial charge < -0.3 is 10.1 Å². The molecule has 1 rings (SSSR count). The Bertz CT molecular complexity index is 339. The topological polar surface area (TPSA) is 50.2 Å². The molecular formula is C9H10ClF2NO2. The Labute approximate surface area is 91.7 Å². The van der Waals surface area contributed by atoms with Crippen molar-refractivity contribution in [1.29, 1.82) is 5.41 Å². The van der Waals surface area contributed by atoms with Crippen LogP contribution in [0.2, 0.25) is 0 Å². The highest BCUT2D eigenvalue weighted by molar-refractivity contribution is 6.11. The van der Waals surface area contributed by atoms with Gasteiger partial charge in [0.05, 0.1) is 12.3 Å². The maximum Gasteiger partial charge on any atom is 0.319 e. The minimum absolute atomic E-state index is 0. The van der Waals surface area contributed by atoms with Gasteiger partial charge in [-0.3, -0.25) is 4.79 Å². The number of hydrogen-bond donors (Lipinski definition) is 1. The molecule has 1 N–H and O–H groups in total. The summed E-state index contributed by atoms with van der Waals surface area (Å²) in [6.07, 6.45) is 1.94. The van der Waals surface area contributed by atoms with E-state index in [2.05, 4.69) is 4.74 Å². The fourth-order valence-corrected chi connectivity index (χ4v) is 1.04. The highest BCUT2D eigenvalue weighted by atomic mass is 35.5. The number of halogens is 3. The van der Waals surface area contributed by atoms with Gasteiger partial charge >= 0.3 is 5.97 Å². The molecule has 0 radical (unpaired) electrons. The average molecular weight is 238 g/mol. The van der Waals surface area contributed by atoms with Crippen LogP contribution in [-0.2, 0) is 9.53 Å². The highest BCUT2D eigenvalue weighted by Crippen LogP contribution is 2.23. The third-order valence-corrected chi connectivity index (χ3v) is 1.73. The zero-order chi connectivity index (χ0) is 10.7. The predicted octanol–water partition coefficient (Wildman–Crippen LogP) is 2.33. The molecule has 0 saturated heterocycles. The lowest BCUT2D eigenvalue weighted by molar-refractivity contribution is -0.144. The molecule has 0 aromatic carbocycles. The SMILES string of the molecule is CCOC(=O)C1C=CC(F)=C(F)C1=N.Cl. The van der Waals surface area contributed by atoms with Gasteiger partial charge in [-0.25, -0.2) is 8.78 Å². The number of carbonyl (C=O) groups excluding carboxylic acids is 1. The summed E-state index contributed by atoms with van der Waals surface area (Å²) >= 11 is 0. The van der Waals surface area contributed by atoms with E-state index in [9.17, 15) is 13.6 Å². The van der Waals surface area contributed by atoms with Crippen LogP contribution in [0.3, 0.4) is 0 Å². The lowest BCUT2D eigenvalue weighted by atomic mass is 9.97. The van der Waals surface area contributed by atoms with E-state index >= 15 is 0 Å². The first-order valence-corrected chi connectivity index (χ1v) is 4.06. The molecule has 84 valence electrons. The van der Waals surface area contributed by atoms with E-state index in [0.717, 1.165) is 12.2 Å². The van der Waals surface area contributed by atoms with Crippen LogP contribution in [0.25, 0.3) is 0 Å². The number of ether oxygens (including phenoxy) is 1. The first kappa shape index (κ1) is 13.8. The summed E-state index contributed by atoms with van der Waals surface area (Å²) in [7, 11) is 0. The summed E-state index contributed by atoms with van der Waals surface area (Å²) in [5, 5.41) is 7.17. The van der Waals surface area contributed by atoms with Crippen LogP contribution < -0.4 is 0 Å². The number of rotatable bonds is 2. The Morgan fingerprint density at radius 1 is 1.60 bits per heavy atom. The van der Waals surface area contributed by atoms with E-state index in [1.54, 1.807) is 6.92 Å². The van der Waals surface area contributed by atoms with Crippen LogP contribution in [0.15, 0.2) is 23.8 Å². The molecule has 1 unspecified atom stereocenters. The summed E-state index contributed by atoms with van der Waals surface area (Å²) in [6.45, 7) is 1.74. The molecule has 0 amide bonds. The maximum atomic E-state index is 12.8. The Morgan fingerprint density at radius 3 is 2.73 bits per heavy atom. The zero-order valence-electron chi connectivity index (χ0n) is 7.92. The molecule has 0 spiro atoms. The van der Waals surface area contributed by atoms with Crippen LogP contribution in [-0.4, -0.2) is 18.3 Å². The second-order valence-electron chi connectivity index (χ2n) is 2.66. The van der Waals surface area contributed by atoms with E-state index < -0.39 is 29.3 Å². The third kappa shape index (κ3) is 2.86. The third-order valence-electron chi connectivity index (χ3n) is 1.73. The molecule has 0 bridgehead atoms.